The Balaban J connectivity index is 0.00000300. The molecule has 7 nitrogen and oxygen atoms in total. The average Bonchev–Trinajstić information content (AvgIpc) is 3.40. The maximum atomic E-state index is 5.71. The lowest BCUT2D eigenvalue weighted by Gasteiger charge is -2.19. The van der Waals surface area contributed by atoms with Gasteiger partial charge in [-0.05, 0) is 57.7 Å². The Morgan fingerprint density at radius 3 is 2.86 bits per heavy atom. The number of aryl methyl sites for hydroxylation is 2. The molecule has 29 heavy (non-hydrogen) atoms. The van der Waals surface area contributed by atoms with Crippen LogP contribution >= 0.6 is 24.0 Å². The van der Waals surface area contributed by atoms with Crippen LogP contribution in [0.3, 0.4) is 0 Å². The summed E-state index contributed by atoms with van der Waals surface area (Å²) < 4.78 is 13.1. The monoisotopic (exact) mass is 515 g/mol. The number of halogens is 1. The van der Waals surface area contributed by atoms with Crippen molar-refractivity contribution >= 4 is 29.9 Å². The third-order valence-corrected chi connectivity index (χ3v) is 5.27. The third kappa shape index (κ3) is 7.02. The maximum Gasteiger partial charge on any atom is 0.191 e. The Morgan fingerprint density at radius 1 is 1.41 bits per heavy atom. The van der Waals surface area contributed by atoms with Crippen molar-refractivity contribution in [1.29, 1.82) is 0 Å². The van der Waals surface area contributed by atoms with Crippen LogP contribution in [0.4, 0.5) is 0 Å². The average molecular weight is 515 g/mol. The Labute approximate surface area is 190 Å². The first-order chi connectivity index (χ1) is 13.5. The smallest absolute Gasteiger partial charge is 0.191 e. The molecule has 3 heterocycles. The van der Waals surface area contributed by atoms with Gasteiger partial charge in [0.1, 0.15) is 5.76 Å². The van der Waals surface area contributed by atoms with Crippen molar-refractivity contribution in [3.8, 4) is 0 Å². The highest BCUT2D eigenvalue weighted by Crippen LogP contribution is 2.14. The van der Waals surface area contributed by atoms with Gasteiger partial charge < -0.3 is 19.8 Å². The van der Waals surface area contributed by atoms with Crippen LogP contribution in [0.1, 0.15) is 42.5 Å². The van der Waals surface area contributed by atoms with Crippen LogP contribution in [-0.4, -0.2) is 47.6 Å². The van der Waals surface area contributed by atoms with Crippen molar-refractivity contribution in [2.45, 2.75) is 58.6 Å². The second-order valence-electron chi connectivity index (χ2n) is 7.60. The van der Waals surface area contributed by atoms with E-state index >= 15 is 0 Å². The fourth-order valence-corrected chi connectivity index (χ4v) is 3.60. The number of nitrogens with zero attached hydrogens (tertiary/aromatic N) is 3. The van der Waals surface area contributed by atoms with Gasteiger partial charge in [-0.3, -0.25) is 9.67 Å². The molecule has 2 aromatic rings. The van der Waals surface area contributed by atoms with Crippen LogP contribution < -0.4 is 10.6 Å². The minimum absolute atomic E-state index is 0. The Bertz CT molecular complexity index is 766. The highest BCUT2D eigenvalue weighted by atomic mass is 127. The highest BCUT2D eigenvalue weighted by molar-refractivity contribution is 14.0. The molecule has 8 heteroatoms. The molecule has 0 amide bonds. The number of aliphatic imine (C=N–C) groups is 1. The zero-order valence-electron chi connectivity index (χ0n) is 17.9. The zero-order chi connectivity index (χ0) is 19.9. The van der Waals surface area contributed by atoms with Crippen LogP contribution in [0.15, 0.2) is 27.8 Å². The fourth-order valence-electron chi connectivity index (χ4n) is 3.60. The van der Waals surface area contributed by atoms with E-state index in [2.05, 4.69) is 36.5 Å². The summed E-state index contributed by atoms with van der Waals surface area (Å²) in [5, 5.41) is 11.5. The Morgan fingerprint density at radius 2 is 2.24 bits per heavy atom. The van der Waals surface area contributed by atoms with Crippen LogP contribution in [0.2, 0.25) is 0 Å². The van der Waals surface area contributed by atoms with E-state index in [0.717, 1.165) is 56.2 Å². The lowest BCUT2D eigenvalue weighted by atomic mass is 10.1. The first-order valence-corrected chi connectivity index (χ1v) is 10.2. The van der Waals surface area contributed by atoms with E-state index in [9.17, 15) is 0 Å². The van der Waals surface area contributed by atoms with E-state index in [1.165, 1.54) is 11.3 Å². The van der Waals surface area contributed by atoms with Gasteiger partial charge in [-0.15, -0.1) is 24.0 Å². The van der Waals surface area contributed by atoms with E-state index in [-0.39, 0.29) is 36.1 Å². The van der Waals surface area contributed by atoms with Gasteiger partial charge in [-0.2, -0.15) is 5.10 Å². The van der Waals surface area contributed by atoms with Crippen molar-refractivity contribution in [3.05, 3.63) is 41.1 Å². The molecule has 2 unspecified atom stereocenters. The molecule has 162 valence electrons. The summed E-state index contributed by atoms with van der Waals surface area (Å²) in [5.41, 5.74) is 3.61. The van der Waals surface area contributed by atoms with Gasteiger partial charge in [0, 0.05) is 38.4 Å². The topological polar surface area (TPSA) is 76.6 Å². The predicted octanol–water partition coefficient (Wildman–Crippen LogP) is 3.14. The standard InChI is InChI=1S/C21H33N5O2.HI/c1-15(13-20-16(2)25-26(4)17(20)3)24-21(23-14-19-8-6-12-28-19)22-10-9-18-7-5-11-27-18;/h5,7,11,15,19H,6,8-10,12-14H2,1-4H3,(H2,22,23,24);1H. The van der Waals surface area contributed by atoms with Crippen molar-refractivity contribution in [2.24, 2.45) is 12.0 Å². The summed E-state index contributed by atoms with van der Waals surface area (Å²) in [6.45, 7) is 8.68. The van der Waals surface area contributed by atoms with E-state index < -0.39 is 0 Å². The maximum absolute atomic E-state index is 5.71. The van der Waals surface area contributed by atoms with E-state index in [1.807, 2.05) is 23.9 Å². The van der Waals surface area contributed by atoms with Crippen molar-refractivity contribution < 1.29 is 9.15 Å². The molecule has 1 fully saturated rings. The first kappa shape index (κ1) is 23.7. The summed E-state index contributed by atoms with van der Waals surface area (Å²) >= 11 is 0. The summed E-state index contributed by atoms with van der Waals surface area (Å²) in [7, 11) is 1.99. The summed E-state index contributed by atoms with van der Waals surface area (Å²) in [6.07, 6.45) is 5.90. The van der Waals surface area contributed by atoms with Gasteiger partial charge in [-0.25, -0.2) is 0 Å². The van der Waals surface area contributed by atoms with Crippen molar-refractivity contribution in [2.75, 3.05) is 19.7 Å². The zero-order valence-corrected chi connectivity index (χ0v) is 20.2. The van der Waals surface area contributed by atoms with E-state index in [0.29, 0.717) is 6.54 Å². The number of hydrogen-bond donors (Lipinski definition) is 2. The second-order valence-corrected chi connectivity index (χ2v) is 7.60. The number of furan rings is 1. The molecule has 0 spiro atoms. The number of aromatic nitrogens is 2. The quantitative estimate of drug-likeness (QED) is 0.321. The molecule has 0 radical (unpaired) electrons. The number of rotatable bonds is 8. The number of nitrogens with one attached hydrogen (secondary N) is 2. The number of guanidine groups is 1. The molecule has 0 saturated carbocycles. The second kappa shape index (κ2) is 11.6. The van der Waals surface area contributed by atoms with E-state index in [1.54, 1.807) is 6.26 Å². The molecule has 0 aromatic carbocycles. The highest BCUT2D eigenvalue weighted by Gasteiger charge is 2.17. The van der Waals surface area contributed by atoms with Crippen LogP contribution in [-0.2, 0) is 24.6 Å². The molecular formula is C21H34IN5O2. The lowest BCUT2D eigenvalue weighted by molar-refractivity contribution is 0.117. The van der Waals surface area contributed by atoms with Crippen LogP contribution in [0, 0.1) is 13.8 Å². The van der Waals surface area contributed by atoms with Gasteiger partial charge in [0.25, 0.3) is 0 Å². The van der Waals surface area contributed by atoms with E-state index in [4.69, 9.17) is 14.1 Å². The fraction of sp³-hybridized carbons (Fsp3) is 0.619. The van der Waals surface area contributed by atoms with Gasteiger partial charge in [0.05, 0.1) is 24.6 Å². The molecule has 2 atom stereocenters. The normalized spacial score (nSPS) is 17.8. The summed E-state index contributed by atoms with van der Waals surface area (Å²) in [5.74, 6) is 1.80. The predicted molar refractivity (Wildman–Crippen MR) is 126 cm³/mol. The van der Waals surface area contributed by atoms with Gasteiger partial charge in [-0.1, -0.05) is 0 Å². The van der Waals surface area contributed by atoms with Crippen LogP contribution in [0.25, 0.3) is 0 Å². The Hall–Kier alpha value is -1.55. The summed E-state index contributed by atoms with van der Waals surface area (Å²) in [4.78, 5) is 4.77. The van der Waals surface area contributed by atoms with Gasteiger partial charge in [0.2, 0.25) is 0 Å². The molecule has 1 aliphatic heterocycles. The molecule has 0 aliphatic carbocycles. The molecule has 0 bridgehead atoms. The molecule has 1 saturated heterocycles. The minimum Gasteiger partial charge on any atom is -0.469 e. The number of hydrogen-bond acceptors (Lipinski definition) is 4. The molecule has 2 aromatic heterocycles. The summed E-state index contributed by atoms with van der Waals surface area (Å²) in [6, 6.07) is 4.15. The molecular weight excluding hydrogens is 481 g/mol. The molecule has 1 aliphatic rings. The molecule has 2 N–H and O–H groups in total. The minimum atomic E-state index is 0. The SMILES string of the molecule is Cc1nn(C)c(C)c1CC(C)NC(=NCC1CCCO1)NCCc1ccco1.I. The van der Waals surface area contributed by atoms with Gasteiger partial charge in [0.15, 0.2) is 5.96 Å². The third-order valence-electron chi connectivity index (χ3n) is 5.27. The number of ether oxygens (including phenoxy) is 1. The largest absolute Gasteiger partial charge is 0.469 e. The molecule has 3 rings (SSSR count). The first-order valence-electron chi connectivity index (χ1n) is 10.2. The Kier molecular flexibility index (Phi) is 9.48. The van der Waals surface area contributed by atoms with Crippen molar-refractivity contribution in [1.82, 2.24) is 20.4 Å². The lowest BCUT2D eigenvalue weighted by Crippen LogP contribution is -2.44. The van der Waals surface area contributed by atoms with Crippen molar-refractivity contribution in [3.63, 3.8) is 0 Å². The van der Waals surface area contributed by atoms with Gasteiger partial charge >= 0.3 is 0 Å². The van der Waals surface area contributed by atoms with Crippen LogP contribution in [0.5, 0.6) is 0 Å².